The van der Waals surface area contributed by atoms with E-state index < -0.39 is 0 Å². The van der Waals surface area contributed by atoms with Gasteiger partial charge in [-0.15, -0.1) is 34.4 Å². The SMILES string of the molecule is C=C1[C-]=C(c2cc(C)cc(C)c2)C=C1.C=C1[C-]=C(c2cc(C)cc(C)c2)C=C1.[Cl-].[Cl-].[Zr+4]. The maximum absolute atomic E-state index is 3.86. The molecule has 0 heterocycles. The van der Waals surface area contributed by atoms with Crippen molar-refractivity contribution in [1.29, 1.82) is 0 Å². The van der Waals surface area contributed by atoms with Crippen LogP contribution in [0.3, 0.4) is 0 Å². The van der Waals surface area contributed by atoms with Crippen LogP contribution in [-0.2, 0) is 26.2 Å². The predicted molar refractivity (Wildman–Crippen MR) is 122 cm³/mol. The van der Waals surface area contributed by atoms with Crippen molar-refractivity contribution in [3.05, 3.63) is 131 Å². The zero-order chi connectivity index (χ0) is 20.3. The summed E-state index contributed by atoms with van der Waals surface area (Å²) in [6, 6.07) is 13.1. The molecule has 0 unspecified atom stereocenters. The van der Waals surface area contributed by atoms with E-state index in [9.17, 15) is 0 Å². The fourth-order valence-corrected chi connectivity index (χ4v) is 3.48. The minimum Gasteiger partial charge on any atom is -1.00 e. The van der Waals surface area contributed by atoms with E-state index >= 15 is 0 Å². The zero-order valence-electron chi connectivity index (χ0n) is 18.4. The summed E-state index contributed by atoms with van der Waals surface area (Å²) in [6.45, 7) is 16.2. The van der Waals surface area contributed by atoms with Gasteiger partial charge >= 0.3 is 26.2 Å². The van der Waals surface area contributed by atoms with Gasteiger partial charge in [0.2, 0.25) is 0 Å². The van der Waals surface area contributed by atoms with Crippen LogP contribution in [0, 0.1) is 39.8 Å². The number of hydrogen-bond donors (Lipinski definition) is 0. The largest absolute Gasteiger partial charge is 4.00 e. The number of benzene rings is 2. The van der Waals surface area contributed by atoms with Crippen LogP contribution in [0.2, 0.25) is 0 Å². The molecule has 4 rings (SSSR count). The number of aryl methyl sites for hydroxylation is 4. The van der Waals surface area contributed by atoms with Gasteiger partial charge in [0.25, 0.3) is 0 Å². The molecule has 0 bridgehead atoms. The first-order chi connectivity index (χ1) is 13.3. The minimum atomic E-state index is 0. The van der Waals surface area contributed by atoms with E-state index in [0.29, 0.717) is 0 Å². The summed E-state index contributed by atoms with van der Waals surface area (Å²) in [6.07, 6.45) is 14.6. The number of allylic oxidation sites excluding steroid dienone is 10. The van der Waals surface area contributed by atoms with E-state index in [0.717, 1.165) is 22.3 Å². The molecule has 0 aromatic heterocycles. The maximum Gasteiger partial charge on any atom is 4.00 e. The van der Waals surface area contributed by atoms with Crippen molar-refractivity contribution >= 4 is 11.1 Å². The summed E-state index contributed by atoms with van der Waals surface area (Å²) in [5.41, 5.74) is 11.8. The smallest absolute Gasteiger partial charge is 1.00 e. The zero-order valence-corrected chi connectivity index (χ0v) is 22.4. The van der Waals surface area contributed by atoms with Crippen molar-refractivity contribution in [3.8, 4) is 0 Å². The van der Waals surface area contributed by atoms with Gasteiger partial charge < -0.3 is 24.8 Å². The van der Waals surface area contributed by atoms with Crippen LogP contribution in [0.4, 0.5) is 0 Å². The molecule has 2 aliphatic carbocycles. The Bertz CT molecular complexity index is 954. The predicted octanol–water partition coefficient (Wildman–Crippen LogP) is 1.24. The Morgan fingerprint density at radius 1 is 0.516 bits per heavy atom. The second-order valence-electron chi connectivity index (χ2n) is 7.55. The monoisotopic (exact) mass is 522 g/mol. The third kappa shape index (κ3) is 8.42. The van der Waals surface area contributed by atoms with Gasteiger partial charge in [-0.3, -0.25) is 0 Å². The summed E-state index contributed by atoms with van der Waals surface area (Å²) in [7, 11) is 0. The second kappa shape index (κ2) is 13.0. The van der Waals surface area contributed by atoms with Crippen molar-refractivity contribution in [2.45, 2.75) is 27.7 Å². The van der Waals surface area contributed by atoms with Crippen molar-refractivity contribution in [2.24, 2.45) is 0 Å². The summed E-state index contributed by atoms with van der Waals surface area (Å²) >= 11 is 0. The standard InChI is InChI=1S/2C14H13.2ClH.Zr/c2*1-10-4-5-13(7-10)14-8-11(2)6-12(3)9-14;;;/h2*4-6,8-9H,1H2,2-3H3;2*1H;/q2*-1;;;+4/p-2. The van der Waals surface area contributed by atoms with Crippen molar-refractivity contribution in [2.75, 3.05) is 0 Å². The second-order valence-corrected chi connectivity index (χ2v) is 7.55. The molecule has 2 aliphatic rings. The van der Waals surface area contributed by atoms with E-state index in [1.54, 1.807) is 0 Å². The molecule has 0 nitrogen and oxygen atoms in total. The average molecular weight is 525 g/mol. The van der Waals surface area contributed by atoms with Gasteiger partial charge in [-0.05, 0) is 27.7 Å². The molecule has 0 fully saturated rings. The Hall–Kier alpha value is -1.66. The summed E-state index contributed by atoms with van der Waals surface area (Å²) in [5, 5.41) is 0. The molecule has 0 saturated carbocycles. The van der Waals surface area contributed by atoms with Crippen LogP contribution in [0.15, 0.2) is 85.0 Å². The molecule has 0 radical (unpaired) electrons. The van der Waals surface area contributed by atoms with Crippen molar-refractivity contribution < 1.29 is 51.0 Å². The molecule has 0 N–H and O–H groups in total. The minimum absolute atomic E-state index is 0. The molecule has 2 aromatic rings. The first-order valence-electron chi connectivity index (χ1n) is 9.49. The maximum atomic E-state index is 3.86. The van der Waals surface area contributed by atoms with Crippen LogP contribution < -0.4 is 24.8 Å². The Morgan fingerprint density at radius 3 is 1.03 bits per heavy atom. The third-order valence-corrected chi connectivity index (χ3v) is 4.56. The molecule has 3 heteroatoms. The average Bonchev–Trinajstić information content (AvgIpc) is 3.22. The van der Waals surface area contributed by atoms with E-state index in [-0.39, 0.29) is 51.0 Å². The fraction of sp³-hybridized carbons (Fsp3) is 0.143. The van der Waals surface area contributed by atoms with Crippen LogP contribution in [-0.4, -0.2) is 0 Å². The Balaban J connectivity index is 0.000000529. The van der Waals surface area contributed by atoms with E-state index in [4.69, 9.17) is 0 Å². The molecule has 0 atom stereocenters. The molecule has 0 saturated heterocycles. The summed E-state index contributed by atoms with van der Waals surface area (Å²) in [5.74, 6) is 0. The van der Waals surface area contributed by atoms with Crippen molar-refractivity contribution in [3.63, 3.8) is 0 Å². The summed E-state index contributed by atoms with van der Waals surface area (Å²) < 4.78 is 0. The quantitative estimate of drug-likeness (QED) is 0.519. The van der Waals surface area contributed by atoms with E-state index in [1.165, 1.54) is 33.4 Å². The van der Waals surface area contributed by atoms with E-state index in [1.807, 2.05) is 12.2 Å². The first-order valence-corrected chi connectivity index (χ1v) is 9.49. The number of hydrogen-bond acceptors (Lipinski definition) is 0. The van der Waals surface area contributed by atoms with Gasteiger partial charge in [-0.25, -0.2) is 0 Å². The third-order valence-electron chi connectivity index (χ3n) is 4.56. The Labute approximate surface area is 219 Å². The van der Waals surface area contributed by atoms with Gasteiger partial charge in [0.15, 0.2) is 0 Å². The molecule has 0 amide bonds. The first kappa shape index (κ1) is 29.3. The van der Waals surface area contributed by atoms with Gasteiger partial charge in [-0.2, -0.15) is 37.5 Å². The number of rotatable bonds is 2. The summed E-state index contributed by atoms with van der Waals surface area (Å²) in [4.78, 5) is 0. The Kier molecular flexibility index (Phi) is 12.3. The fourth-order valence-electron chi connectivity index (χ4n) is 3.48. The topological polar surface area (TPSA) is 0 Å². The molecule has 156 valence electrons. The normalized spacial score (nSPS) is 13.3. The molecule has 2 aromatic carbocycles. The number of halogens is 2. The van der Waals surface area contributed by atoms with Gasteiger partial charge in [0.1, 0.15) is 0 Å². The molecular weight excluding hydrogens is 498 g/mol. The van der Waals surface area contributed by atoms with Crippen LogP contribution in [0.5, 0.6) is 0 Å². The Morgan fingerprint density at radius 2 is 0.806 bits per heavy atom. The molecular formula is C28H26Cl2Zr. The van der Waals surface area contributed by atoms with Crippen molar-refractivity contribution in [1.82, 2.24) is 0 Å². The van der Waals surface area contributed by atoms with Gasteiger partial charge in [0.05, 0.1) is 0 Å². The van der Waals surface area contributed by atoms with Gasteiger partial charge in [-0.1, -0.05) is 69.8 Å². The molecule has 31 heavy (non-hydrogen) atoms. The van der Waals surface area contributed by atoms with Crippen LogP contribution in [0.1, 0.15) is 33.4 Å². The van der Waals surface area contributed by atoms with Crippen LogP contribution in [0.25, 0.3) is 11.1 Å². The molecule has 0 aliphatic heterocycles. The van der Waals surface area contributed by atoms with E-state index in [2.05, 4.69) is 102 Å². The van der Waals surface area contributed by atoms with Gasteiger partial charge in [0, 0.05) is 0 Å². The van der Waals surface area contributed by atoms with Crippen LogP contribution >= 0.6 is 0 Å². The molecule has 0 spiro atoms.